The van der Waals surface area contributed by atoms with Gasteiger partial charge in [-0.1, -0.05) is 321 Å². The Morgan fingerprint density at radius 3 is 1.12 bits per heavy atom. The van der Waals surface area contributed by atoms with Gasteiger partial charge in [0.2, 0.25) is 0 Å². The number of fused-ring (bicyclic) bond motifs is 23. The average molecular weight is 1660 g/mol. The summed E-state index contributed by atoms with van der Waals surface area (Å²) in [5.74, 6) is 0. The van der Waals surface area contributed by atoms with Crippen molar-refractivity contribution in [3.8, 4) is 66.8 Å². The molecule has 0 aliphatic rings. The van der Waals surface area contributed by atoms with Crippen LogP contribution in [0, 0.1) is 0 Å². The Labute approximate surface area is 746 Å². The van der Waals surface area contributed by atoms with Gasteiger partial charge in [0.15, 0.2) is 0 Å². The minimum atomic E-state index is -0.424. The molecular formula is C120H74N2OS3. The molecule has 4 aromatic heterocycles. The molecule has 3 nitrogen and oxygen atoms in total. The van der Waals surface area contributed by atoms with E-state index in [0.717, 1.165) is 94.3 Å². The zero-order valence-corrected chi connectivity index (χ0v) is 70.3. The van der Waals surface area contributed by atoms with E-state index in [9.17, 15) is 0 Å². The third-order valence-electron chi connectivity index (χ3n) is 25.4. The Bertz CT molecular complexity index is 8950. The van der Waals surface area contributed by atoms with Crippen molar-refractivity contribution in [2.24, 2.45) is 0 Å². The molecule has 0 spiro atoms. The highest BCUT2D eigenvalue weighted by Crippen LogP contribution is 2.49. The van der Waals surface area contributed by atoms with Gasteiger partial charge in [0.1, 0.15) is 11.2 Å². The van der Waals surface area contributed by atoms with Gasteiger partial charge in [-0.3, -0.25) is 0 Å². The van der Waals surface area contributed by atoms with E-state index in [1.165, 1.54) is 137 Å². The van der Waals surface area contributed by atoms with Gasteiger partial charge in [-0.25, -0.2) is 0 Å². The summed E-state index contributed by atoms with van der Waals surface area (Å²) in [7, 11) is 0. The Kier molecular flexibility index (Phi) is 16.3. The maximum atomic E-state index is 9.07. The molecule has 0 unspecified atom stereocenters. The van der Waals surface area contributed by atoms with Gasteiger partial charge in [-0.05, 0) is 253 Å². The molecule has 22 aromatic carbocycles. The molecule has 126 heavy (non-hydrogen) atoms. The summed E-state index contributed by atoms with van der Waals surface area (Å²) in [6, 6.07) is 148. The van der Waals surface area contributed by atoms with Crippen molar-refractivity contribution < 1.29 is 11.3 Å². The van der Waals surface area contributed by atoms with Crippen LogP contribution in [-0.4, -0.2) is 0 Å². The minimum Gasteiger partial charge on any atom is -0.455 e. The first kappa shape index (κ1) is 68.0. The molecule has 0 amide bonds. The Morgan fingerprint density at radius 2 is 0.571 bits per heavy atom. The molecule has 0 atom stereocenters. The van der Waals surface area contributed by atoms with E-state index >= 15 is 0 Å². The lowest BCUT2D eigenvalue weighted by Gasteiger charge is -2.26. The van der Waals surface area contributed by atoms with Crippen molar-refractivity contribution >= 4 is 215 Å². The van der Waals surface area contributed by atoms with Gasteiger partial charge in [-0.2, -0.15) is 0 Å². The van der Waals surface area contributed by atoms with E-state index in [1.54, 1.807) is 4.90 Å². The van der Waals surface area contributed by atoms with Gasteiger partial charge in [0.05, 0.1) is 6.85 Å². The van der Waals surface area contributed by atoms with Crippen molar-refractivity contribution in [2.45, 2.75) is 0 Å². The second-order valence-corrected chi connectivity index (χ2v) is 35.7. The fourth-order valence-electron chi connectivity index (χ4n) is 19.1. The van der Waals surface area contributed by atoms with Gasteiger partial charge >= 0.3 is 0 Å². The summed E-state index contributed by atoms with van der Waals surface area (Å²) < 4.78 is 57.9. The molecule has 0 N–H and O–H groups in total. The summed E-state index contributed by atoms with van der Waals surface area (Å²) in [6.07, 6.45) is 0. The number of nitrogens with zero attached hydrogens (tertiary/aromatic N) is 2. The van der Waals surface area contributed by atoms with E-state index in [4.69, 9.17) is 11.3 Å². The SMILES string of the molecule is [2H]c1c([2H])c([2H])c(N(c2ccc(-c3ccc(-c4ccc5sc6c7ccccc7ccc6c5c4)cc3)cc2)c2ccc(-c3cc4sc5c6ccccc6ccc5c4c4ccccc34)cc2)c([2H])c1[2H].c1cc(-c2ccc3ccccc3c2)cc(N(c2ccc(-c3ccc4oc5c6ccccc6ccc5c4c3)cc2)c2ccc(-c3ccc4sc5c6ccccc6ccc5c4c3)cc2)c1. The first-order chi connectivity index (χ1) is 64.5. The number of benzene rings is 22. The summed E-state index contributed by atoms with van der Waals surface area (Å²) in [4.78, 5) is 4.15. The van der Waals surface area contributed by atoms with Crippen LogP contribution in [0.25, 0.3) is 214 Å². The Morgan fingerprint density at radius 1 is 0.198 bits per heavy atom. The van der Waals surface area contributed by atoms with Crippen molar-refractivity contribution in [1.82, 2.24) is 0 Å². The van der Waals surface area contributed by atoms with Crippen LogP contribution in [0.4, 0.5) is 34.1 Å². The summed E-state index contributed by atoms with van der Waals surface area (Å²) >= 11 is 5.56. The van der Waals surface area contributed by atoms with E-state index in [-0.39, 0.29) is 29.9 Å². The lowest BCUT2D eigenvalue weighted by atomic mass is 9.94. The van der Waals surface area contributed by atoms with Crippen LogP contribution in [0.3, 0.4) is 0 Å². The molecule has 0 aliphatic heterocycles. The molecule has 0 bridgehead atoms. The van der Waals surface area contributed by atoms with Gasteiger partial charge in [-0.15, -0.1) is 34.0 Å². The van der Waals surface area contributed by atoms with Crippen molar-refractivity contribution in [3.05, 3.63) is 449 Å². The number of furan rings is 1. The number of rotatable bonds is 12. The predicted octanol–water partition coefficient (Wildman–Crippen LogP) is 36.2. The lowest BCUT2D eigenvalue weighted by Crippen LogP contribution is -2.10. The number of hydrogen-bond acceptors (Lipinski definition) is 6. The summed E-state index contributed by atoms with van der Waals surface area (Å²) in [5, 5.41) is 24.7. The number of para-hydroxylation sites is 1. The standard InChI is InChI=1S/C60H37NOS.C60H37NS2/c1-2-11-43-34-45(17-16-38(43)8-1)44-12-7-13-50(35-44)61(48-26-18-39(19-27-48)46-24-32-57-55(36-46)53-30-22-41-9-3-5-14-51(41)59(53)62-57)49-28-20-40(21-29-49)47-25-33-58-56(37-47)54-31-23-42-10-4-6-15-52(42)60(54)63-58;1-2-12-45(13-3-1)61(47-31-24-43(25-32-47)54-37-57-58(51-17-9-8-16-50(51)54)53-34-27-42-11-5-7-15-49(42)60(53)63-57)46-29-22-39(23-30-46)38-18-20-40(21-19-38)44-28-35-56-55(36-44)52-33-26-41-10-4-6-14-48(41)59(52)62-56/h2*1-37H/i;1D,2D,3D,12D,13D. The molecule has 0 aliphatic carbocycles. The second-order valence-electron chi connectivity index (χ2n) is 32.6. The molecule has 26 aromatic rings. The van der Waals surface area contributed by atoms with E-state index < -0.39 is 6.04 Å². The molecule has 26 rings (SSSR count). The Hall–Kier alpha value is -15.5. The van der Waals surface area contributed by atoms with E-state index in [2.05, 4.69) is 387 Å². The quantitative estimate of drug-likeness (QED) is 0.122. The molecule has 0 radical (unpaired) electrons. The number of thiophene rings is 3. The van der Waals surface area contributed by atoms with Crippen LogP contribution in [0.15, 0.2) is 453 Å². The molecular weight excluding hydrogens is 1580 g/mol. The van der Waals surface area contributed by atoms with Crippen LogP contribution in [0.1, 0.15) is 6.85 Å². The van der Waals surface area contributed by atoms with Crippen LogP contribution < -0.4 is 9.80 Å². The molecule has 0 saturated carbocycles. The highest BCUT2D eigenvalue weighted by Gasteiger charge is 2.22. The van der Waals surface area contributed by atoms with Crippen molar-refractivity contribution in [3.63, 3.8) is 0 Å². The second kappa shape index (κ2) is 30.2. The smallest absolute Gasteiger partial charge is 0.143 e. The van der Waals surface area contributed by atoms with Crippen molar-refractivity contribution in [1.29, 1.82) is 0 Å². The monoisotopic (exact) mass is 1660 g/mol. The highest BCUT2D eigenvalue weighted by molar-refractivity contribution is 7.27. The molecule has 0 saturated heterocycles. The van der Waals surface area contributed by atoms with Crippen LogP contribution in [0.2, 0.25) is 0 Å². The Balaban J connectivity index is 0.000000141. The largest absolute Gasteiger partial charge is 0.455 e. The maximum Gasteiger partial charge on any atom is 0.143 e. The highest BCUT2D eigenvalue weighted by atomic mass is 32.1. The first-order valence-electron chi connectivity index (χ1n) is 45.0. The molecule has 0 fully saturated rings. The lowest BCUT2D eigenvalue weighted by molar-refractivity contribution is 0.672. The zero-order chi connectivity index (χ0) is 87.2. The minimum absolute atomic E-state index is 0.0915. The van der Waals surface area contributed by atoms with Crippen LogP contribution >= 0.6 is 34.0 Å². The summed E-state index contributed by atoms with van der Waals surface area (Å²) in [5.41, 5.74) is 20.1. The normalized spacial score (nSPS) is 12.4. The van der Waals surface area contributed by atoms with Gasteiger partial charge in [0, 0.05) is 111 Å². The summed E-state index contributed by atoms with van der Waals surface area (Å²) in [6.45, 7) is 0. The fourth-order valence-corrected chi connectivity index (χ4v) is 22.8. The van der Waals surface area contributed by atoms with Crippen molar-refractivity contribution in [2.75, 3.05) is 9.80 Å². The third-order valence-corrected chi connectivity index (χ3v) is 29.0. The maximum absolute atomic E-state index is 9.07. The van der Waals surface area contributed by atoms with Gasteiger partial charge in [0.25, 0.3) is 0 Å². The molecule has 4 heterocycles. The molecule has 588 valence electrons. The third kappa shape index (κ3) is 12.7. The van der Waals surface area contributed by atoms with E-state index in [1.807, 2.05) is 70.4 Å². The number of anilines is 6. The van der Waals surface area contributed by atoms with Crippen LogP contribution in [-0.2, 0) is 0 Å². The molecule has 6 heteroatoms. The fraction of sp³-hybridized carbons (Fsp3) is 0. The average Bonchev–Trinajstić information content (AvgIpc) is 1.57. The predicted molar refractivity (Wildman–Crippen MR) is 546 cm³/mol. The zero-order valence-electron chi connectivity index (χ0n) is 72.9. The number of hydrogen-bond donors (Lipinski definition) is 0. The first-order valence-corrected chi connectivity index (χ1v) is 45.0. The van der Waals surface area contributed by atoms with Crippen LogP contribution in [0.5, 0.6) is 0 Å². The van der Waals surface area contributed by atoms with Gasteiger partial charge < -0.3 is 14.2 Å². The topological polar surface area (TPSA) is 19.6 Å². The van der Waals surface area contributed by atoms with E-state index in [0.29, 0.717) is 11.4 Å².